The van der Waals surface area contributed by atoms with Gasteiger partial charge >= 0.3 is 0 Å². The molecular formula is C25H32ClN3O. The van der Waals surface area contributed by atoms with E-state index in [9.17, 15) is 4.79 Å². The van der Waals surface area contributed by atoms with Crippen molar-refractivity contribution in [3.63, 3.8) is 0 Å². The normalized spacial score (nSPS) is 22.1. The molecule has 5 heteroatoms. The lowest BCUT2D eigenvalue weighted by Gasteiger charge is -2.42. The number of piperazine rings is 1. The molecule has 2 aliphatic rings. The Morgan fingerprint density at radius 1 is 0.933 bits per heavy atom. The molecule has 0 saturated carbocycles. The van der Waals surface area contributed by atoms with Crippen LogP contribution in [0.1, 0.15) is 43.4 Å². The van der Waals surface area contributed by atoms with Gasteiger partial charge in [0.2, 0.25) is 5.91 Å². The van der Waals surface area contributed by atoms with Crippen LogP contribution < -0.4 is 0 Å². The number of carbonyl (C=O) groups is 1. The summed E-state index contributed by atoms with van der Waals surface area (Å²) >= 11 is 6.14. The fourth-order valence-electron chi connectivity index (χ4n) is 4.95. The number of benzene rings is 2. The average molecular weight is 426 g/mol. The zero-order chi connectivity index (χ0) is 20.9. The SMILES string of the molecule is CCN1CCCCC1C(=O)N1CCN(C(c2ccccc2)c2ccc(Cl)cc2)CC1. The predicted octanol–water partition coefficient (Wildman–Crippen LogP) is 4.45. The highest BCUT2D eigenvalue weighted by Crippen LogP contribution is 2.31. The molecule has 0 spiro atoms. The molecule has 2 heterocycles. The lowest BCUT2D eigenvalue weighted by atomic mass is 9.96. The second-order valence-corrected chi connectivity index (χ2v) is 8.80. The zero-order valence-corrected chi connectivity index (χ0v) is 18.6. The second kappa shape index (κ2) is 9.95. The number of hydrogen-bond acceptors (Lipinski definition) is 3. The maximum Gasteiger partial charge on any atom is 0.240 e. The Morgan fingerprint density at radius 3 is 2.27 bits per heavy atom. The minimum Gasteiger partial charge on any atom is -0.339 e. The summed E-state index contributed by atoms with van der Waals surface area (Å²) in [5, 5.41) is 0.758. The van der Waals surface area contributed by atoms with Crippen LogP contribution in [0.4, 0.5) is 0 Å². The van der Waals surface area contributed by atoms with E-state index in [1.807, 2.05) is 12.1 Å². The van der Waals surface area contributed by atoms with E-state index < -0.39 is 0 Å². The zero-order valence-electron chi connectivity index (χ0n) is 17.8. The van der Waals surface area contributed by atoms with Crippen molar-refractivity contribution in [2.75, 3.05) is 39.3 Å². The number of hydrogen-bond donors (Lipinski definition) is 0. The van der Waals surface area contributed by atoms with Gasteiger partial charge in [0.05, 0.1) is 12.1 Å². The molecule has 2 fully saturated rings. The number of halogens is 1. The van der Waals surface area contributed by atoms with Crippen molar-refractivity contribution in [2.24, 2.45) is 0 Å². The predicted molar refractivity (Wildman–Crippen MR) is 123 cm³/mol. The van der Waals surface area contributed by atoms with Gasteiger partial charge in [0.25, 0.3) is 0 Å². The van der Waals surface area contributed by atoms with Crippen LogP contribution in [-0.2, 0) is 4.79 Å². The molecule has 2 unspecified atom stereocenters. The summed E-state index contributed by atoms with van der Waals surface area (Å²) in [5.74, 6) is 0.332. The Morgan fingerprint density at radius 2 is 1.60 bits per heavy atom. The van der Waals surface area contributed by atoms with E-state index in [-0.39, 0.29) is 12.1 Å². The summed E-state index contributed by atoms with van der Waals surface area (Å²) in [4.78, 5) is 20.2. The van der Waals surface area contributed by atoms with Gasteiger partial charge in [0.15, 0.2) is 0 Å². The maximum absolute atomic E-state index is 13.2. The van der Waals surface area contributed by atoms with Crippen LogP contribution in [0.3, 0.4) is 0 Å². The number of amides is 1. The molecule has 4 rings (SSSR count). The number of nitrogens with zero attached hydrogens (tertiary/aromatic N) is 3. The summed E-state index contributed by atoms with van der Waals surface area (Å²) in [5.41, 5.74) is 2.53. The Bertz CT molecular complexity index is 818. The fraction of sp³-hybridized carbons (Fsp3) is 0.480. The average Bonchev–Trinajstić information content (AvgIpc) is 2.81. The minimum absolute atomic E-state index is 0.0801. The molecule has 30 heavy (non-hydrogen) atoms. The quantitative estimate of drug-likeness (QED) is 0.708. The van der Waals surface area contributed by atoms with Gasteiger partial charge in [-0.2, -0.15) is 0 Å². The Balaban J connectivity index is 1.47. The smallest absolute Gasteiger partial charge is 0.240 e. The van der Waals surface area contributed by atoms with Gasteiger partial charge in [0, 0.05) is 31.2 Å². The van der Waals surface area contributed by atoms with Gasteiger partial charge in [-0.15, -0.1) is 0 Å². The van der Waals surface area contributed by atoms with Gasteiger partial charge in [-0.25, -0.2) is 0 Å². The molecule has 2 aliphatic heterocycles. The first kappa shape index (κ1) is 21.4. The monoisotopic (exact) mass is 425 g/mol. The fourth-order valence-corrected chi connectivity index (χ4v) is 5.08. The lowest BCUT2D eigenvalue weighted by molar-refractivity contribution is -0.140. The highest BCUT2D eigenvalue weighted by Gasteiger charge is 2.34. The van der Waals surface area contributed by atoms with Crippen LogP contribution in [0.2, 0.25) is 5.02 Å². The van der Waals surface area contributed by atoms with Crippen LogP contribution in [0.25, 0.3) is 0 Å². The molecule has 4 nitrogen and oxygen atoms in total. The molecule has 0 bridgehead atoms. The molecule has 2 saturated heterocycles. The van der Waals surface area contributed by atoms with E-state index in [1.54, 1.807) is 0 Å². The van der Waals surface area contributed by atoms with Crippen molar-refractivity contribution >= 4 is 17.5 Å². The van der Waals surface area contributed by atoms with Crippen molar-refractivity contribution in [1.82, 2.24) is 14.7 Å². The first-order valence-electron chi connectivity index (χ1n) is 11.2. The minimum atomic E-state index is 0.0801. The number of carbonyl (C=O) groups excluding carboxylic acids is 1. The molecule has 1 amide bonds. The van der Waals surface area contributed by atoms with Crippen molar-refractivity contribution in [3.05, 3.63) is 70.7 Å². The second-order valence-electron chi connectivity index (χ2n) is 8.37. The van der Waals surface area contributed by atoms with Gasteiger partial charge < -0.3 is 4.90 Å². The lowest BCUT2D eigenvalue weighted by Crippen LogP contribution is -2.56. The summed E-state index contributed by atoms with van der Waals surface area (Å²) in [6.45, 7) is 7.54. The third-order valence-electron chi connectivity index (χ3n) is 6.60. The molecule has 0 N–H and O–H groups in total. The highest BCUT2D eigenvalue weighted by molar-refractivity contribution is 6.30. The van der Waals surface area contributed by atoms with E-state index in [2.05, 4.69) is 64.1 Å². The molecular weight excluding hydrogens is 394 g/mol. The summed E-state index contributed by atoms with van der Waals surface area (Å²) in [6.07, 6.45) is 3.38. The van der Waals surface area contributed by atoms with Crippen molar-refractivity contribution in [2.45, 2.75) is 38.3 Å². The summed E-state index contributed by atoms with van der Waals surface area (Å²) < 4.78 is 0. The molecule has 0 radical (unpaired) electrons. The molecule has 2 atom stereocenters. The van der Waals surface area contributed by atoms with Gasteiger partial charge in [-0.1, -0.05) is 67.4 Å². The van der Waals surface area contributed by atoms with E-state index in [4.69, 9.17) is 11.6 Å². The highest BCUT2D eigenvalue weighted by atomic mass is 35.5. The van der Waals surface area contributed by atoms with Crippen LogP contribution in [0.5, 0.6) is 0 Å². The van der Waals surface area contributed by atoms with Gasteiger partial charge in [0.1, 0.15) is 0 Å². The van der Waals surface area contributed by atoms with E-state index in [1.165, 1.54) is 24.0 Å². The summed E-state index contributed by atoms with van der Waals surface area (Å²) in [7, 11) is 0. The van der Waals surface area contributed by atoms with E-state index in [0.29, 0.717) is 5.91 Å². The molecule has 2 aromatic rings. The first-order valence-corrected chi connectivity index (χ1v) is 11.6. The van der Waals surface area contributed by atoms with Crippen molar-refractivity contribution in [1.29, 1.82) is 0 Å². The standard InChI is InChI=1S/C25H32ClN3O/c1-2-27-15-7-6-10-23(27)25(30)29-18-16-28(17-19-29)24(20-8-4-3-5-9-20)21-11-13-22(26)14-12-21/h3-5,8-9,11-14,23-24H,2,6-7,10,15-19H2,1H3. The molecule has 160 valence electrons. The van der Waals surface area contributed by atoms with Crippen LogP contribution in [-0.4, -0.2) is 65.9 Å². The van der Waals surface area contributed by atoms with Gasteiger partial charge in [-0.05, 0) is 49.2 Å². The van der Waals surface area contributed by atoms with E-state index >= 15 is 0 Å². The van der Waals surface area contributed by atoms with Crippen LogP contribution in [0, 0.1) is 0 Å². The molecule has 0 aliphatic carbocycles. The van der Waals surface area contributed by atoms with Crippen molar-refractivity contribution < 1.29 is 4.79 Å². The van der Waals surface area contributed by atoms with E-state index in [0.717, 1.165) is 50.7 Å². The molecule has 2 aromatic carbocycles. The number of rotatable bonds is 5. The third-order valence-corrected chi connectivity index (χ3v) is 6.85. The third kappa shape index (κ3) is 4.72. The summed E-state index contributed by atoms with van der Waals surface area (Å²) in [6, 6.07) is 19.1. The Labute approximate surface area is 185 Å². The topological polar surface area (TPSA) is 26.8 Å². The number of likely N-dealkylation sites (N-methyl/N-ethyl adjacent to an activating group) is 1. The first-order chi connectivity index (χ1) is 14.7. The number of likely N-dealkylation sites (tertiary alicyclic amines) is 1. The van der Waals surface area contributed by atoms with Crippen molar-refractivity contribution in [3.8, 4) is 0 Å². The molecule has 0 aromatic heterocycles. The Kier molecular flexibility index (Phi) is 7.08. The van der Waals surface area contributed by atoms with Crippen LogP contribution >= 0.6 is 11.6 Å². The number of piperidine rings is 1. The van der Waals surface area contributed by atoms with Crippen LogP contribution in [0.15, 0.2) is 54.6 Å². The maximum atomic E-state index is 13.2. The Hall–Kier alpha value is -1.88. The van der Waals surface area contributed by atoms with Gasteiger partial charge in [-0.3, -0.25) is 14.6 Å². The largest absolute Gasteiger partial charge is 0.339 e.